The molecule has 1 saturated carbocycles. The van der Waals surface area contributed by atoms with E-state index in [0.717, 1.165) is 18.4 Å². The van der Waals surface area contributed by atoms with Gasteiger partial charge in [0.25, 0.3) is 5.56 Å². The quantitative estimate of drug-likeness (QED) is 0.472. The van der Waals surface area contributed by atoms with Crippen molar-refractivity contribution in [1.82, 2.24) is 14.9 Å². The third kappa shape index (κ3) is 4.82. The second-order valence-electron chi connectivity index (χ2n) is 7.27. The zero-order valence-electron chi connectivity index (χ0n) is 15.9. The third-order valence-corrected chi connectivity index (χ3v) is 6.36. The summed E-state index contributed by atoms with van der Waals surface area (Å²) >= 11 is 7.28. The number of thioether (sulfide) groups is 1. The van der Waals surface area contributed by atoms with Gasteiger partial charge in [-0.05, 0) is 42.7 Å². The van der Waals surface area contributed by atoms with Gasteiger partial charge in [0.1, 0.15) is 0 Å². The molecule has 7 heteroatoms. The van der Waals surface area contributed by atoms with Crippen molar-refractivity contribution in [3.8, 4) is 0 Å². The highest BCUT2D eigenvalue weighted by Crippen LogP contribution is 2.21. The first kappa shape index (κ1) is 20.0. The molecule has 5 nitrogen and oxygen atoms in total. The van der Waals surface area contributed by atoms with Crippen molar-refractivity contribution in [3.63, 3.8) is 0 Å². The molecule has 1 aliphatic carbocycles. The molecular weight excluding hydrogens is 406 g/mol. The van der Waals surface area contributed by atoms with E-state index in [1.165, 1.54) is 24.6 Å². The Hall–Kier alpha value is -2.31. The molecule has 2 aromatic carbocycles. The molecule has 0 atom stereocenters. The molecule has 0 saturated heterocycles. The second kappa shape index (κ2) is 9.01. The zero-order valence-corrected chi connectivity index (χ0v) is 17.5. The van der Waals surface area contributed by atoms with E-state index in [1.807, 2.05) is 30.3 Å². The summed E-state index contributed by atoms with van der Waals surface area (Å²) in [5.74, 6) is 0.226. The van der Waals surface area contributed by atoms with Gasteiger partial charge in [-0.1, -0.05) is 60.5 Å². The first-order valence-corrected chi connectivity index (χ1v) is 11.1. The van der Waals surface area contributed by atoms with E-state index in [9.17, 15) is 9.59 Å². The fourth-order valence-corrected chi connectivity index (χ4v) is 4.57. The summed E-state index contributed by atoms with van der Waals surface area (Å²) in [6.45, 7) is 0.375. The van der Waals surface area contributed by atoms with Crippen LogP contribution in [0.15, 0.2) is 58.5 Å². The van der Waals surface area contributed by atoms with E-state index >= 15 is 0 Å². The van der Waals surface area contributed by atoms with Crippen molar-refractivity contribution in [2.45, 2.75) is 43.4 Å². The van der Waals surface area contributed by atoms with Gasteiger partial charge in [0.05, 0.1) is 23.2 Å². The van der Waals surface area contributed by atoms with Crippen LogP contribution in [0.25, 0.3) is 10.9 Å². The highest BCUT2D eigenvalue weighted by atomic mass is 35.5. The van der Waals surface area contributed by atoms with Gasteiger partial charge in [0.15, 0.2) is 5.16 Å². The second-order valence-corrected chi connectivity index (χ2v) is 8.65. The van der Waals surface area contributed by atoms with Crippen molar-refractivity contribution in [1.29, 1.82) is 0 Å². The lowest BCUT2D eigenvalue weighted by Gasteiger charge is -2.15. The van der Waals surface area contributed by atoms with E-state index in [0.29, 0.717) is 27.6 Å². The predicted octanol–water partition coefficient (Wildman–Crippen LogP) is 4.25. The molecule has 0 radical (unpaired) electrons. The van der Waals surface area contributed by atoms with Crippen molar-refractivity contribution < 1.29 is 4.79 Å². The summed E-state index contributed by atoms with van der Waals surface area (Å²) in [4.78, 5) is 30.2. The van der Waals surface area contributed by atoms with Gasteiger partial charge in [0.2, 0.25) is 5.91 Å². The van der Waals surface area contributed by atoms with Crippen LogP contribution in [0.5, 0.6) is 0 Å². The lowest BCUT2D eigenvalue weighted by atomic mass is 10.2. The Morgan fingerprint density at radius 1 is 1.14 bits per heavy atom. The average molecular weight is 428 g/mol. The zero-order chi connectivity index (χ0) is 20.2. The maximum atomic E-state index is 13.1. The number of fused-ring (bicyclic) bond motifs is 1. The number of hydrogen-bond acceptors (Lipinski definition) is 4. The van der Waals surface area contributed by atoms with E-state index in [2.05, 4.69) is 10.3 Å². The summed E-state index contributed by atoms with van der Waals surface area (Å²) in [6.07, 6.45) is 4.44. The van der Waals surface area contributed by atoms with Crippen molar-refractivity contribution in [2.24, 2.45) is 0 Å². The number of amides is 1. The van der Waals surface area contributed by atoms with Gasteiger partial charge < -0.3 is 5.32 Å². The van der Waals surface area contributed by atoms with E-state index < -0.39 is 0 Å². The highest BCUT2D eigenvalue weighted by molar-refractivity contribution is 7.99. The molecule has 4 rings (SSSR count). The average Bonchev–Trinajstić information content (AvgIpc) is 3.23. The van der Waals surface area contributed by atoms with Crippen LogP contribution in [0.4, 0.5) is 0 Å². The molecule has 0 aliphatic heterocycles. The van der Waals surface area contributed by atoms with Crippen LogP contribution in [0.1, 0.15) is 31.2 Å². The summed E-state index contributed by atoms with van der Waals surface area (Å²) in [7, 11) is 0. The van der Waals surface area contributed by atoms with Crippen LogP contribution >= 0.6 is 23.4 Å². The number of aromatic nitrogens is 2. The van der Waals surface area contributed by atoms with Crippen LogP contribution in [-0.4, -0.2) is 27.3 Å². The Morgan fingerprint density at radius 2 is 1.86 bits per heavy atom. The molecular formula is C22H22ClN3O2S. The summed E-state index contributed by atoms with van der Waals surface area (Å²) in [6, 6.07) is 15.0. The normalized spacial score (nSPS) is 14.4. The first-order valence-electron chi connectivity index (χ1n) is 9.76. The number of nitrogens with one attached hydrogen (secondary N) is 1. The minimum atomic E-state index is -0.107. The van der Waals surface area contributed by atoms with Gasteiger partial charge in [-0.2, -0.15) is 0 Å². The van der Waals surface area contributed by atoms with Crippen molar-refractivity contribution in [3.05, 3.63) is 69.5 Å². The molecule has 150 valence electrons. The maximum Gasteiger partial charge on any atom is 0.262 e. The Kier molecular flexibility index (Phi) is 6.21. The minimum absolute atomic E-state index is 0.0117. The van der Waals surface area contributed by atoms with Crippen LogP contribution in [-0.2, 0) is 11.3 Å². The Morgan fingerprint density at radius 3 is 2.62 bits per heavy atom. The van der Waals surface area contributed by atoms with E-state index in [-0.39, 0.29) is 23.3 Å². The van der Waals surface area contributed by atoms with Gasteiger partial charge in [-0.25, -0.2) is 4.98 Å². The lowest BCUT2D eigenvalue weighted by Crippen LogP contribution is -2.34. The van der Waals surface area contributed by atoms with Gasteiger partial charge in [-0.3, -0.25) is 14.2 Å². The SMILES string of the molecule is O=C(CSc1nc2ccccc2c(=O)n1Cc1ccc(Cl)cc1)NC1CCCC1. The fourth-order valence-electron chi connectivity index (χ4n) is 3.64. The number of halogens is 1. The maximum absolute atomic E-state index is 13.1. The standard InChI is InChI=1S/C22H22ClN3O2S/c23-16-11-9-15(10-12-16)13-26-21(28)18-7-3-4-8-19(18)25-22(26)29-14-20(27)24-17-5-1-2-6-17/h3-4,7-12,17H,1-2,5-6,13-14H2,(H,24,27). The fraction of sp³-hybridized carbons (Fsp3) is 0.318. The van der Waals surface area contributed by atoms with Crippen LogP contribution in [0, 0.1) is 0 Å². The molecule has 1 amide bonds. The summed E-state index contributed by atoms with van der Waals surface area (Å²) in [5.41, 5.74) is 1.48. The molecule has 3 aromatic rings. The number of nitrogens with zero attached hydrogens (tertiary/aromatic N) is 2. The smallest absolute Gasteiger partial charge is 0.262 e. The lowest BCUT2D eigenvalue weighted by molar-refractivity contribution is -0.119. The highest BCUT2D eigenvalue weighted by Gasteiger charge is 2.18. The molecule has 1 N–H and O–H groups in total. The largest absolute Gasteiger partial charge is 0.353 e. The summed E-state index contributed by atoms with van der Waals surface area (Å²) < 4.78 is 1.64. The molecule has 29 heavy (non-hydrogen) atoms. The van der Waals surface area contributed by atoms with E-state index in [4.69, 9.17) is 11.6 Å². The Bertz CT molecular complexity index is 1080. The number of carbonyl (C=O) groups excluding carboxylic acids is 1. The number of carbonyl (C=O) groups is 1. The number of hydrogen-bond donors (Lipinski definition) is 1. The molecule has 1 fully saturated rings. The van der Waals surface area contributed by atoms with E-state index in [1.54, 1.807) is 22.8 Å². The third-order valence-electron chi connectivity index (χ3n) is 5.13. The predicted molar refractivity (Wildman–Crippen MR) is 118 cm³/mol. The number of rotatable bonds is 6. The van der Waals surface area contributed by atoms with Gasteiger partial charge in [-0.15, -0.1) is 0 Å². The van der Waals surface area contributed by atoms with Crippen molar-refractivity contribution >= 4 is 40.2 Å². The Balaban J connectivity index is 1.60. The number of para-hydroxylation sites is 1. The Labute approximate surface area is 178 Å². The number of benzene rings is 2. The minimum Gasteiger partial charge on any atom is -0.353 e. The van der Waals surface area contributed by atoms with Gasteiger partial charge in [0, 0.05) is 11.1 Å². The molecule has 0 spiro atoms. The molecule has 0 bridgehead atoms. The molecule has 0 unspecified atom stereocenters. The van der Waals surface area contributed by atoms with Crippen LogP contribution < -0.4 is 10.9 Å². The van der Waals surface area contributed by atoms with Crippen LogP contribution in [0.3, 0.4) is 0 Å². The topological polar surface area (TPSA) is 64.0 Å². The van der Waals surface area contributed by atoms with Crippen molar-refractivity contribution in [2.75, 3.05) is 5.75 Å². The first-order chi connectivity index (χ1) is 14.1. The summed E-state index contributed by atoms with van der Waals surface area (Å²) in [5, 5.41) is 4.85. The molecule has 1 aromatic heterocycles. The van der Waals surface area contributed by atoms with Crippen LogP contribution in [0.2, 0.25) is 5.02 Å². The molecule has 1 aliphatic rings. The monoisotopic (exact) mass is 427 g/mol. The van der Waals surface area contributed by atoms with Gasteiger partial charge >= 0.3 is 0 Å². The molecule has 1 heterocycles.